The molecule has 1 fully saturated rings. The second kappa shape index (κ2) is 7.22. The van der Waals surface area contributed by atoms with E-state index in [1.165, 1.54) is 0 Å². The fourth-order valence-electron chi connectivity index (χ4n) is 1.84. The minimum absolute atomic E-state index is 0.122. The monoisotopic (exact) mass is 228 g/mol. The lowest BCUT2D eigenvalue weighted by Crippen LogP contribution is -2.38. The Balaban J connectivity index is 2.03. The zero-order valence-electron chi connectivity index (χ0n) is 9.50. The first kappa shape index (κ1) is 13.0. The average Bonchev–Trinajstić information content (AvgIpc) is 2.29. The van der Waals surface area contributed by atoms with Gasteiger partial charge in [0.15, 0.2) is 0 Å². The molecule has 0 saturated carbocycles. The van der Waals surface area contributed by atoms with Crippen molar-refractivity contribution in [1.29, 1.82) is 0 Å². The number of rotatable bonds is 6. The summed E-state index contributed by atoms with van der Waals surface area (Å²) in [5.74, 6) is -0.512. The van der Waals surface area contributed by atoms with Gasteiger partial charge in [-0.05, 0) is 38.8 Å². The summed E-state index contributed by atoms with van der Waals surface area (Å²) >= 11 is 0. The van der Waals surface area contributed by atoms with E-state index in [9.17, 15) is 9.59 Å². The van der Waals surface area contributed by atoms with Gasteiger partial charge in [0.1, 0.15) is 0 Å². The van der Waals surface area contributed by atoms with Crippen molar-refractivity contribution in [3.63, 3.8) is 0 Å². The number of unbranched alkanes of at least 4 members (excludes halogenated alkanes) is 1. The van der Waals surface area contributed by atoms with Crippen LogP contribution in [-0.2, 0) is 9.59 Å². The van der Waals surface area contributed by atoms with E-state index in [1.807, 2.05) is 0 Å². The van der Waals surface area contributed by atoms with Gasteiger partial charge < -0.3 is 15.7 Å². The van der Waals surface area contributed by atoms with Gasteiger partial charge in [0, 0.05) is 18.9 Å². The lowest BCUT2D eigenvalue weighted by atomic mass is 9.97. The molecule has 1 rings (SSSR count). The maximum absolute atomic E-state index is 11.6. The van der Waals surface area contributed by atoms with E-state index >= 15 is 0 Å². The van der Waals surface area contributed by atoms with Crippen LogP contribution in [0.4, 0.5) is 0 Å². The van der Waals surface area contributed by atoms with E-state index in [-0.39, 0.29) is 18.2 Å². The van der Waals surface area contributed by atoms with Gasteiger partial charge in [-0.2, -0.15) is 0 Å². The number of hydrogen-bond donors (Lipinski definition) is 3. The number of carboxylic acid groups (broad SMARTS) is 1. The first-order chi connectivity index (χ1) is 7.70. The van der Waals surface area contributed by atoms with Crippen molar-refractivity contribution in [2.45, 2.75) is 32.1 Å². The predicted molar refractivity (Wildman–Crippen MR) is 60.1 cm³/mol. The number of carbonyl (C=O) groups is 2. The van der Waals surface area contributed by atoms with Crippen LogP contribution in [0.25, 0.3) is 0 Å². The van der Waals surface area contributed by atoms with Crippen LogP contribution in [0.3, 0.4) is 0 Å². The van der Waals surface area contributed by atoms with Gasteiger partial charge in [-0.15, -0.1) is 0 Å². The molecule has 0 aromatic heterocycles. The van der Waals surface area contributed by atoms with E-state index in [1.54, 1.807) is 0 Å². The summed E-state index contributed by atoms with van der Waals surface area (Å²) in [6, 6.07) is 0. The maximum atomic E-state index is 11.6. The Morgan fingerprint density at radius 1 is 1.25 bits per heavy atom. The maximum Gasteiger partial charge on any atom is 0.303 e. The third-order valence-electron chi connectivity index (χ3n) is 2.83. The number of carbonyl (C=O) groups excluding carboxylic acids is 1. The number of hydrogen-bond acceptors (Lipinski definition) is 3. The van der Waals surface area contributed by atoms with Crippen molar-refractivity contribution < 1.29 is 14.7 Å². The Kier molecular flexibility index (Phi) is 5.85. The van der Waals surface area contributed by atoms with Gasteiger partial charge in [0.2, 0.25) is 5.91 Å². The van der Waals surface area contributed by atoms with Crippen molar-refractivity contribution >= 4 is 11.9 Å². The smallest absolute Gasteiger partial charge is 0.303 e. The Morgan fingerprint density at radius 2 is 1.94 bits per heavy atom. The lowest BCUT2D eigenvalue weighted by molar-refractivity contribution is -0.137. The van der Waals surface area contributed by atoms with Crippen molar-refractivity contribution in [1.82, 2.24) is 10.6 Å². The van der Waals surface area contributed by atoms with Gasteiger partial charge in [0.05, 0.1) is 0 Å². The van der Waals surface area contributed by atoms with E-state index in [0.29, 0.717) is 13.0 Å². The van der Waals surface area contributed by atoms with E-state index < -0.39 is 5.97 Å². The molecule has 0 bridgehead atoms. The largest absolute Gasteiger partial charge is 0.481 e. The summed E-state index contributed by atoms with van der Waals surface area (Å²) < 4.78 is 0. The van der Waals surface area contributed by atoms with Crippen LogP contribution >= 0.6 is 0 Å². The molecule has 1 aliphatic rings. The zero-order chi connectivity index (χ0) is 11.8. The van der Waals surface area contributed by atoms with Crippen molar-refractivity contribution in [2.75, 3.05) is 19.6 Å². The van der Waals surface area contributed by atoms with E-state index in [0.717, 1.165) is 32.4 Å². The summed E-state index contributed by atoms with van der Waals surface area (Å²) in [5.41, 5.74) is 0. The van der Waals surface area contributed by atoms with Crippen molar-refractivity contribution in [2.24, 2.45) is 5.92 Å². The SMILES string of the molecule is O=C(O)CCCCNC(=O)C1CCNCC1. The number of amides is 1. The highest BCUT2D eigenvalue weighted by atomic mass is 16.4. The minimum Gasteiger partial charge on any atom is -0.481 e. The Bertz CT molecular complexity index is 237. The summed E-state index contributed by atoms with van der Waals surface area (Å²) in [6.07, 6.45) is 3.36. The molecule has 0 aliphatic carbocycles. The fourth-order valence-corrected chi connectivity index (χ4v) is 1.84. The molecule has 0 radical (unpaired) electrons. The standard InChI is InChI=1S/C11H20N2O3/c14-10(15)3-1-2-6-13-11(16)9-4-7-12-8-5-9/h9,12H,1-8H2,(H,13,16)(H,14,15). The second-order valence-electron chi connectivity index (χ2n) is 4.17. The average molecular weight is 228 g/mol. The fraction of sp³-hybridized carbons (Fsp3) is 0.818. The molecule has 16 heavy (non-hydrogen) atoms. The highest BCUT2D eigenvalue weighted by Crippen LogP contribution is 2.11. The van der Waals surface area contributed by atoms with Gasteiger partial charge in [0.25, 0.3) is 0 Å². The molecule has 0 unspecified atom stereocenters. The Hall–Kier alpha value is -1.10. The molecule has 5 nitrogen and oxygen atoms in total. The molecule has 0 aromatic carbocycles. The van der Waals surface area contributed by atoms with Crippen LogP contribution in [0, 0.1) is 5.92 Å². The van der Waals surface area contributed by atoms with Crippen LogP contribution in [0.1, 0.15) is 32.1 Å². The lowest BCUT2D eigenvalue weighted by Gasteiger charge is -2.21. The summed E-state index contributed by atoms with van der Waals surface area (Å²) in [6.45, 7) is 2.42. The van der Waals surface area contributed by atoms with Gasteiger partial charge in [-0.1, -0.05) is 0 Å². The number of carboxylic acids is 1. The molecule has 92 valence electrons. The first-order valence-corrected chi connectivity index (χ1v) is 5.90. The van der Waals surface area contributed by atoms with E-state index in [2.05, 4.69) is 10.6 Å². The molecule has 1 saturated heterocycles. The molecule has 0 spiro atoms. The molecule has 0 atom stereocenters. The molecule has 1 aliphatic heterocycles. The predicted octanol–water partition coefficient (Wildman–Crippen LogP) is 0.357. The summed E-state index contributed by atoms with van der Waals surface area (Å²) in [7, 11) is 0. The van der Waals surface area contributed by atoms with E-state index in [4.69, 9.17) is 5.11 Å². The molecular formula is C11H20N2O3. The minimum atomic E-state index is -0.773. The molecule has 1 amide bonds. The summed E-state index contributed by atoms with van der Waals surface area (Å²) in [4.78, 5) is 21.9. The Labute approximate surface area is 95.6 Å². The van der Waals surface area contributed by atoms with Gasteiger partial charge >= 0.3 is 5.97 Å². The van der Waals surface area contributed by atoms with Crippen LogP contribution in [0.15, 0.2) is 0 Å². The molecule has 3 N–H and O–H groups in total. The Morgan fingerprint density at radius 3 is 2.56 bits per heavy atom. The van der Waals surface area contributed by atoms with Crippen LogP contribution in [0.5, 0.6) is 0 Å². The van der Waals surface area contributed by atoms with Crippen molar-refractivity contribution in [3.05, 3.63) is 0 Å². The van der Waals surface area contributed by atoms with Crippen LogP contribution in [0.2, 0.25) is 0 Å². The number of piperidine rings is 1. The van der Waals surface area contributed by atoms with Gasteiger partial charge in [-0.3, -0.25) is 9.59 Å². The van der Waals surface area contributed by atoms with Crippen LogP contribution in [-0.4, -0.2) is 36.6 Å². The highest BCUT2D eigenvalue weighted by molar-refractivity contribution is 5.78. The third-order valence-corrected chi connectivity index (χ3v) is 2.83. The molecular weight excluding hydrogens is 208 g/mol. The number of nitrogens with one attached hydrogen (secondary N) is 2. The molecule has 1 heterocycles. The molecule has 5 heteroatoms. The zero-order valence-corrected chi connectivity index (χ0v) is 9.50. The van der Waals surface area contributed by atoms with Gasteiger partial charge in [-0.25, -0.2) is 0 Å². The normalized spacial score (nSPS) is 17.0. The highest BCUT2D eigenvalue weighted by Gasteiger charge is 2.19. The first-order valence-electron chi connectivity index (χ1n) is 5.90. The van der Waals surface area contributed by atoms with Crippen LogP contribution < -0.4 is 10.6 Å². The van der Waals surface area contributed by atoms with Crippen molar-refractivity contribution in [3.8, 4) is 0 Å². The summed E-state index contributed by atoms with van der Waals surface area (Å²) in [5, 5.41) is 14.5. The molecule has 0 aromatic rings. The quantitative estimate of drug-likeness (QED) is 0.573. The second-order valence-corrected chi connectivity index (χ2v) is 4.17. The third kappa shape index (κ3) is 5.11. The topological polar surface area (TPSA) is 78.4 Å². The number of aliphatic carboxylic acids is 1.